The van der Waals surface area contributed by atoms with Gasteiger partial charge in [-0.1, -0.05) is 18.2 Å². The lowest BCUT2D eigenvalue weighted by molar-refractivity contribution is 0.236. The molecule has 0 saturated carbocycles. The molecule has 17 heavy (non-hydrogen) atoms. The smallest absolute Gasteiger partial charge is 0.315 e. The highest BCUT2D eigenvalue weighted by molar-refractivity contribution is 5.73. The zero-order chi connectivity index (χ0) is 12.5. The Hall–Kier alpha value is -2.04. The average Bonchev–Trinajstić information content (AvgIpc) is 2.34. The number of hydrogen-bond donors (Lipinski definition) is 2. The molecule has 2 N–H and O–H groups in total. The topological polar surface area (TPSA) is 50.4 Å². The third-order valence-electron chi connectivity index (χ3n) is 1.89. The van der Waals surface area contributed by atoms with Crippen LogP contribution in [0.4, 0.5) is 9.18 Å². The van der Waals surface area contributed by atoms with Gasteiger partial charge in [-0.15, -0.1) is 6.58 Å². The molecule has 0 fully saturated rings. The number of para-hydroxylation sites is 1. The summed E-state index contributed by atoms with van der Waals surface area (Å²) in [6, 6.07) is 5.82. The highest BCUT2D eigenvalue weighted by Crippen LogP contribution is 2.14. The van der Waals surface area contributed by atoms with Crippen molar-refractivity contribution in [3.8, 4) is 5.75 Å². The molecule has 92 valence electrons. The van der Waals surface area contributed by atoms with Crippen LogP contribution < -0.4 is 15.4 Å². The van der Waals surface area contributed by atoms with Crippen molar-refractivity contribution < 1.29 is 13.9 Å². The predicted octanol–water partition coefficient (Wildman–Crippen LogP) is 1.69. The quantitative estimate of drug-likeness (QED) is 0.585. The average molecular weight is 238 g/mol. The van der Waals surface area contributed by atoms with Gasteiger partial charge in [0, 0.05) is 6.54 Å². The molecule has 0 radical (unpaired) electrons. The van der Waals surface area contributed by atoms with Crippen molar-refractivity contribution >= 4 is 6.03 Å². The van der Waals surface area contributed by atoms with Crippen LogP contribution in [-0.4, -0.2) is 25.7 Å². The first-order chi connectivity index (χ1) is 8.24. The van der Waals surface area contributed by atoms with Gasteiger partial charge in [0.2, 0.25) is 0 Å². The molecule has 2 amide bonds. The van der Waals surface area contributed by atoms with Crippen molar-refractivity contribution in [3.63, 3.8) is 0 Å². The van der Waals surface area contributed by atoms with Gasteiger partial charge in [-0.3, -0.25) is 0 Å². The summed E-state index contributed by atoms with van der Waals surface area (Å²) < 4.78 is 18.3. The van der Waals surface area contributed by atoms with Gasteiger partial charge >= 0.3 is 6.03 Å². The van der Waals surface area contributed by atoms with E-state index >= 15 is 0 Å². The maximum atomic E-state index is 13.1. The second kappa shape index (κ2) is 7.27. The number of benzene rings is 1. The molecule has 4 nitrogen and oxygen atoms in total. The molecular formula is C12H15FN2O2. The highest BCUT2D eigenvalue weighted by Gasteiger charge is 2.01. The van der Waals surface area contributed by atoms with Gasteiger partial charge in [0.1, 0.15) is 6.61 Å². The fourth-order valence-electron chi connectivity index (χ4n) is 1.11. The third-order valence-corrected chi connectivity index (χ3v) is 1.89. The summed E-state index contributed by atoms with van der Waals surface area (Å²) in [6.07, 6.45) is 1.58. The molecule has 0 heterocycles. The molecule has 0 bridgehead atoms. The molecule has 0 aliphatic heterocycles. The van der Waals surface area contributed by atoms with Crippen molar-refractivity contribution in [2.75, 3.05) is 19.7 Å². The first kappa shape index (κ1) is 13.0. The Labute approximate surface area is 99.5 Å². The maximum Gasteiger partial charge on any atom is 0.315 e. The van der Waals surface area contributed by atoms with E-state index in [4.69, 9.17) is 4.74 Å². The van der Waals surface area contributed by atoms with E-state index in [0.29, 0.717) is 13.1 Å². The lowest BCUT2D eigenvalue weighted by Crippen LogP contribution is -2.37. The number of carbonyl (C=O) groups is 1. The third kappa shape index (κ3) is 5.01. The minimum atomic E-state index is -0.413. The van der Waals surface area contributed by atoms with Crippen molar-refractivity contribution in [3.05, 3.63) is 42.7 Å². The van der Waals surface area contributed by atoms with E-state index in [1.54, 1.807) is 18.2 Å². The number of halogens is 1. The van der Waals surface area contributed by atoms with Crippen LogP contribution in [-0.2, 0) is 0 Å². The van der Waals surface area contributed by atoms with Gasteiger partial charge in [-0.25, -0.2) is 9.18 Å². The number of rotatable bonds is 6. The van der Waals surface area contributed by atoms with Crippen LogP contribution in [0.2, 0.25) is 0 Å². The van der Waals surface area contributed by atoms with E-state index in [9.17, 15) is 9.18 Å². The first-order valence-corrected chi connectivity index (χ1v) is 5.24. The van der Waals surface area contributed by atoms with E-state index in [2.05, 4.69) is 17.2 Å². The van der Waals surface area contributed by atoms with Gasteiger partial charge in [-0.2, -0.15) is 0 Å². The van der Waals surface area contributed by atoms with Crippen LogP contribution in [0.3, 0.4) is 0 Å². The van der Waals surface area contributed by atoms with E-state index in [1.165, 1.54) is 12.1 Å². The number of hydrogen-bond acceptors (Lipinski definition) is 2. The molecule has 0 aromatic heterocycles. The summed E-state index contributed by atoms with van der Waals surface area (Å²) >= 11 is 0. The van der Waals surface area contributed by atoms with Gasteiger partial charge in [0.25, 0.3) is 0 Å². The summed E-state index contributed by atoms with van der Waals surface area (Å²) in [7, 11) is 0. The van der Waals surface area contributed by atoms with Crippen molar-refractivity contribution in [2.45, 2.75) is 0 Å². The van der Waals surface area contributed by atoms with E-state index < -0.39 is 5.82 Å². The van der Waals surface area contributed by atoms with E-state index in [1.807, 2.05) is 0 Å². The Balaban J connectivity index is 2.18. The highest BCUT2D eigenvalue weighted by atomic mass is 19.1. The fourth-order valence-corrected chi connectivity index (χ4v) is 1.11. The van der Waals surface area contributed by atoms with Crippen LogP contribution in [0.1, 0.15) is 0 Å². The largest absolute Gasteiger partial charge is 0.489 e. The van der Waals surface area contributed by atoms with Crippen LogP contribution in [0.5, 0.6) is 5.75 Å². The van der Waals surface area contributed by atoms with Crippen molar-refractivity contribution in [1.82, 2.24) is 10.6 Å². The minimum Gasteiger partial charge on any atom is -0.489 e. The lowest BCUT2D eigenvalue weighted by atomic mass is 10.3. The minimum absolute atomic E-state index is 0.181. The molecule has 1 aromatic carbocycles. The number of carbonyl (C=O) groups excluding carboxylic acids is 1. The van der Waals surface area contributed by atoms with Crippen molar-refractivity contribution in [1.29, 1.82) is 0 Å². The number of amides is 2. The standard InChI is InChI=1S/C12H15FN2O2/c1-2-7-14-12(16)15-8-9-17-11-6-4-3-5-10(11)13/h2-6H,1,7-9H2,(H2,14,15,16). The molecule has 0 atom stereocenters. The Morgan fingerprint density at radius 3 is 2.88 bits per heavy atom. The molecule has 5 heteroatoms. The van der Waals surface area contributed by atoms with Crippen LogP contribution in [0, 0.1) is 5.82 Å². The van der Waals surface area contributed by atoms with Gasteiger partial charge in [0.05, 0.1) is 6.54 Å². The van der Waals surface area contributed by atoms with Crippen molar-refractivity contribution in [2.24, 2.45) is 0 Å². The van der Waals surface area contributed by atoms with E-state index in [0.717, 1.165) is 0 Å². The second-order valence-electron chi connectivity index (χ2n) is 3.20. The lowest BCUT2D eigenvalue weighted by Gasteiger charge is -2.08. The Morgan fingerprint density at radius 2 is 2.18 bits per heavy atom. The monoisotopic (exact) mass is 238 g/mol. The summed E-state index contributed by atoms with van der Waals surface area (Å²) in [6.45, 7) is 4.39. The van der Waals surface area contributed by atoms with Crippen LogP contribution in [0.15, 0.2) is 36.9 Å². The maximum absolute atomic E-state index is 13.1. The Bertz CT molecular complexity index is 383. The molecule has 0 unspecified atom stereocenters. The van der Waals surface area contributed by atoms with Gasteiger partial charge in [0.15, 0.2) is 11.6 Å². The molecule has 1 rings (SSSR count). The molecule has 0 spiro atoms. The van der Waals surface area contributed by atoms with Crippen LogP contribution >= 0.6 is 0 Å². The first-order valence-electron chi connectivity index (χ1n) is 5.24. The Morgan fingerprint density at radius 1 is 1.41 bits per heavy atom. The summed E-state index contributed by atoms with van der Waals surface area (Å²) in [5.41, 5.74) is 0. The second-order valence-corrected chi connectivity index (χ2v) is 3.20. The zero-order valence-corrected chi connectivity index (χ0v) is 9.41. The molecular weight excluding hydrogens is 223 g/mol. The fraction of sp³-hybridized carbons (Fsp3) is 0.250. The number of nitrogens with one attached hydrogen (secondary N) is 2. The van der Waals surface area contributed by atoms with Gasteiger partial charge in [-0.05, 0) is 12.1 Å². The molecule has 0 aliphatic carbocycles. The Kier molecular flexibility index (Phi) is 5.57. The van der Waals surface area contributed by atoms with Gasteiger partial charge < -0.3 is 15.4 Å². The molecule has 0 saturated heterocycles. The zero-order valence-electron chi connectivity index (χ0n) is 9.41. The number of ether oxygens (including phenoxy) is 1. The van der Waals surface area contributed by atoms with Crippen LogP contribution in [0.25, 0.3) is 0 Å². The number of urea groups is 1. The predicted molar refractivity (Wildman–Crippen MR) is 63.5 cm³/mol. The summed E-state index contributed by atoms with van der Waals surface area (Å²) in [4.78, 5) is 11.1. The summed E-state index contributed by atoms with van der Waals surface area (Å²) in [5.74, 6) is -0.232. The normalized spacial score (nSPS) is 9.47. The SMILES string of the molecule is C=CCNC(=O)NCCOc1ccccc1F. The summed E-state index contributed by atoms with van der Waals surface area (Å²) in [5, 5.41) is 5.11. The molecule has 1 aromatic rings. The molecule has 0 aliphatic rings. The van der Waals surface area contributed by atoms with E-state index in [-0.39, 0.29) is 18.4 Å².